The molecule has 0 bridgehead atoms. The number of ether oxygens (including phenoxy) is 1. The predicted octanol–water partition coefficient (Wildman–Crippen LogP) is 4.42. The Hall–Kier alpha value is -1.26. The molecule has 0 fully saturated rings. The second kappa shape index (κ2) is 9.64. The fourth-order valence-corrected chi connectivity index (χ4v) is 2.18. The van der Waals surface area contributed by atoms with Crippen LogP contribution in [-0.4, -0.2) is 18.7 Å². The van der Waals surface area contributed by atoms with Crippen molar-refractivity contribution < 1.29 is 9.53 Å². The first kappa shape index (κ1) is 17.8. The van der Waals surface area contributed by atoms with E-state index in [1.807, 2.05) is 13.8 Å². The Kier molecular flexibility index (Phi) is 8.16. The van der Waals surface area contributed by atoms with Gasteiger partial charge in [-0.3, -0.25) is 4.79 Å². The van der Waals surface area contributed by atoms with Crippen LogP contribution in [0.25, 0.3) is 0 Å². The summed E-state index contributed by atoms with van der Waals surface area (Å²) in [4.78, 5) is 11.4. The minimum Gasteiger partial charge on any atom is -0.490 e. The minimum atomic E-state index is -0.104. The van der Waals surface area contributed by atoms with E-state index in [2.05, 4.69) is 10.5 Å². The summed E-state index contributed by atoms with van der Waals surface area (Å²) in [5.41, 5.74) is 3.17. The molecule has 1 N–H and O–H groups in total. The molecule has 0 unspecified atom stereocenters. The van der Waals surface area contributed by atoms with E-state index in [1.165, 1.54) is 6.21 Å². The summed E-state index contributed by atoms with van der Waals surface area (Å²) in [6.45, 7) is 4.59. The van der Waals surface area contributed by atoms with Gasteiger partial charge in [0.15, 0.2) is 5.75 Å². The number of hydrogen-bond acceptors (Lipinski definition) is 3. The second-order valence-electron chi connectivity index (χ2n) is 4.56. The average molecular weight is 331 g/mol. The van der Waals surface area contributed by atoms with Crippen LogP contribution >= 0.6 is 23.2 Å². The van der Waals surface area contributed by atoms with Gasteiger partial charge < -0.3 is 4.74 Å². The van der Waals surface area contributed by atoms with Crippen molar-refractivity contribution in [2.45, 2.75) is 39.5 Å². The fourth-order valence-electron chi connectivity index (χ4n) is 1.57. The van der Waals surface area contributed by atoms with Gasteiger partial charge >= 0.3 is 0 Å². The highest BCUT2D eigenvalue weighted by atomic mass is 35.5. The molecule has 0 aliphatic carbocycles. The molecule has 1 aromatic rings. The zero-order valence-electron chi connectivity index (χ0n) is 12.3. The molecule has 21 heavy (non-hydrogen) atoms. The predicted molar refractivity (Wildman–Crippen MR) is 87.5 cm³/mol. The molecular formula is C15H20Cl2N2O2. The summed E-state index contributed by atoms with van der Waals surface area (Å²) >= 11 is 12.2. The standard InChI is InChI=1S/C15H20Cl2N2O2/c1-3-5-6-14(20)19-18-10-11-8-12(16)15(13(17)9-11)21-7-4-2/h8-10H,3-7H2,1-2H3,(H,19,20)/b18-10+. The number of nitrogens with one attached hydrogen (secondary N) is 1. The lowest BCUT2D eigenvalue weighted by molar-refractivity contribution is -0.121. The van der Waals surface area contributed by atoms with Gasteiger partial charge in [0.1, 0.15) is 0 Å². The third kappa shape index (κ3) is 6.36. The van der Waals surface area contributed by atoms with Gasteiger partial charge in [0.2, 0.25) is 5.91 Å². The molecule has 0 aliphatic heterocycles. The van der Waals surface area contributed by atoms with E-state index in [4.69, 9.17) is 27.9 Å². The molecule has 0 heterocycles. The molecule has 0 atom stereocenters. The maximum atomic E-state index is 11.4. The van der Waals surface area contributed by atoms with Crippen LogP contribution in [-0.2, 0) is 4.79 Å². The van der Waals surface area contributed by atoms with Crippen LogP contribution in [0.2, 0.25) is 10.0 Å². The van der Waals surface area contributed by atoms with Gasteiger partial charge in [0, 0.05) is 6.42 Å². The van der Waals surface area contributed by atoms with E-state index < -0.39 is 0 Å². The van der Waals surface area contributed by atoms with Gasteiger partial charge in [0.25, 0.3) is 0 Å². The molecule has 1 aromatic carbocycles. The maximum absolute atomic E-state index is 11.4. The zero-order chi connectivity index (χ0) is 15.7. The molecule has 0 spiro atoms. The number of rotatable bonds is 8. The van der Waals surface area contributed by atoms with E-state index in [-0.39, 0.29) is 5.91 Å². The number of amides is 1. The Morgan fingerprint density at radius 3 is 2.52 bits per heavy atom. The number of benzene rings is 1. The van der Waals surface area contributed by atoms with Crippen molar-refractivity contribution in [2.24, 2.45) is 5.10 Å². The van der Waals surface area contributed by atoms with Crippen LogP contribution in [0.1, 0.15) is 45.1 Å². The van der Waals surface area contributed by atoms with Crippen LogP contribution in [0.3, 0.4) is 0 Å². The topological polar surface area (TPSA) is 50.7 Å². The summed E-state index contributed by atoms with van der Waals surface area (Å²) in [5.74, 6) is 0.373. The van der Waals surface area contributed by atoms with Gasteiger partial charge in [-0.05, 0) is 30.5 Å². The second-order valence-corrected chi connectivity index (χ2v) is 5.37. The van der Waals surface area contributed by atoms with Crippen LogP contribution in [0.5, 0.6) is 5.75 Å². The molecule has 6 heteroatoms. The molecule has 116 valence electrons. The SMILES string of the molecule is CCCCC(=O)N/N=C/c1cc(Cl)c(OCCC)c(Cl)c1. The number of hydrazone groups is 1. The Morgan fingerprint density at radius 2 is 1.95 bits per heavy atom. The van der Waals surface area contributed by atoms with Gasteiger partial charge in [-0.25, -0.2) is 5.43 Å². The van der Waals surface area contributed by atoms with Crippen molar-refractivity contribution in [3.63, 3.8) is 0 Å². The van der Waals surface area contributed by atoms with Crippen molar-refractivity contribution in [3.05, 3.63) is 27.7 Å². The highest BCUT2D eigenvalue weighted by Crippen LogP contribution is 2.33. The van der Waals surface area contributed by atoms with E-state index in [9.17, 15) is 4.79 Å². The van der Waals surface area contributed by atoms with Crippen molar-refractivity contribution in [2.75, 3.05) is 6.61 Å². The monoisotopic (exact) mass is 330 g/mol. The first-order valence-electron chi connectivity index (χ1n) is 7.02. The fraction of sp³-hybridized carbons (Fsp3) is 0.467. The molecular weight excluding hydrogens is 311 g/mol. The Morgan fingerprint density at radius 1 is 1.29 bits per heavy atom. The molecule has 0 saturated carbocycles. The van der Waals surface area contributed by atoms with E-state index in [0.717, 1.165) is 19.3 Å². The Labute approximate surface area is 135 Å². The first-order valence-corrected chi connectivity index (χ1v) is 7.77. The van der Waals surface area contributed by atoms with Crippen molar-refractivity contribution in [3.8, 4) is 5.75 Å². The summed E-state index contributed by atoms with van der Waals surface area (Å²) in [5, 5.41) is 4.74. The lowest BCUT2D eigenvalue weighted by Crippen LogP contribution is -2.16. The van der Waals surface area contributed by atoms with Crippen LogP contribution in [0.15, 0.2) is 17.2 Å². The summed E-state index contributed by atoms with van der Waals surface area (Å²) in [7, 11) is 0. The smallest absolute Gasteiger partial charge is 0.240 e. The quantitative estimate of drug-likeness (QED) is 0.566. The molecule has 0 saturated heterocycles. The van der Waals surface area contributed by atoms with Gasteiger partial charge in [-0.15, -0.1) is 0 Å². The number of nitrogens with zero attached hydrogens (tertiary/aromatic N) is 1. The molecule has 0 aromatic heterocycles. The number of unbranched alkanes of at least 4 members (excludes halogenated alkanes) is 1. The van der Waals surface area contributed by atoms with Crippen molar-refractivity contribution in [1.29, 1.82) is 0 Å². The molecule has 0 aliphatic rings. The summed E-state index contributed by atoms with van der Waals surface area (Å²) in [6.07, 6.45) is 4.67. The Bertz CT molecular complexity index is 481. The molecule has 0 radical (unpaired) electrons. The summed E-state index contributed by atoms with van der Waals surface area (Å²) in [6, 6.07) is 3.39. The Balaban J connectivity index is 2.66. The number of carbonyl (C=O) groups is 1. The number of hydrogen-bond donors (Lipinski definition) is 1. The number of carbonyl (C=O) groups excluding carboxylic acids is 1. The first-order chi connectivity index (χ1) is 10.1. The van der Waals surface area contributed by atoms with E-state index in [1.54, 1.807) is 12.1 Å². The lowest BCUT2D eigenvalue weighted by Gasteiger charge is -2.09. The van der Waals surface area contributed by atoms with Gasteiger partial charge in [-0.1, -0.05) is 43.5 Å². The van der Waals surface area contributed by atoms with Crippen LogP contribution < -0.4 is 10.2 Å². The highest BCUT2D eigenvalue weighted by Gasteiger charge is 2.08. The largest absolute Gasteiger partial charge is 0.490 e. The maximum Gasteiger partial charge on any atom is 0.240 e. The van der Waals surface area contributed by atoms with Gasteiger partial charge in [-0.2, -0.15) is 5.10 Å². The normalized spacial score (nSPS) is 10.9. The molecule has 1 rings (SSSR count). The lowest BCUT2D eigenvalue weighted by atomic mass is 10.2. The highest BCUT2D eigenvalue weighted by molar-refractivity contribution is 6.37. The van der Waals surface area contributed by atoms with Crippen molar-refractivity contribution in [1.82, 2.24) is 5.43 Å². The molecule has 4 nitrogen and oxygen atoms in total. The van der Waals surface area contributed by atoms with Crippen LogP contribution in [0, 0.1) is 0 Å². The zero-order valence-corrected chi connectivity index (χ0v) is 13.8. The molecule has 1 amide bonds. The third-order valence-corrected chi connectivity index (χ3v) is 3.19. The minimum absolute atomic E-state index is 0.104. The van der Waals surface area contributed by atoms with Crippen LogP contribution in [0.4, 0.5) is 0 Å². The average Bonchev–Trinajstić information content (AvgIpc) is 2.44. The summed E-state index contributed by atoms with van der Waals surface area (Å²) < 4.78 is 5.48. The third-order valence-electron chi connectivity index (χ3n) is 2.63. The van der Waals surface area contributed by atoms with Gasteiger partial charge in [0.05, 0.1) is 22.9 Å². The van der Waals surface area contributed by atoms with E-state index >= 15 is 0 Å². The van der Waals surface area contributed by atoms with Crippen molar-refractivity contribution >= 4 is 35.3 Å². The van der Waals surface area contributed by atoms with E-state index in [0.29, 0.717) is 34.4 Å². The number of halogens is 2.